The summed E-state index contributed by atoms with van der Waals surface area (Å²) in [5.74, 6) is -0.301. The summed E-state index contributed by atoms with van der Waals surface area (Å²) in [6.45, 7) is 5.89. The van der Waals surface area contributed by atoms with Crippen molar-refractivity contribution in [3.63, 3.8) is 0 Å². The molecule has 132 valence electrons. The van der Waals surface area contributed by atoms with E-state index in [0.717, 1.165) is 12.8 Å². The first-order chi connectivity index (χ1) is 11.3. The van der Waals surface area contributed by atoms with Crippen LogP contribution < -0.4 is 5.32 Å². The Morgan fingerprint density at radius 1 is 1.38 bits per heavy atom. The van der Waals surface area contributed by atoms with E-state index in [2.05, 4.69) is 5.32 Å². The number of likely N-dealkylation sites (tertiary alicyclic amines) is 1. The first-order valence-electron chi connectivity index (χ1n) is 8.10. The molecule has 1 fully saturated rings. The molecule has 7 heteroatoms. The summed E-state index contributed by atoms with van der Waals surface area (Å²) in [6.07, 6.45) is 1.58. The molecule has 1 aromatic rings. The van der Waals surface area contributed by atoms with Crippen LogP contribution >= 0.6 is 11.3 Å². The topological polar surface area (TPSA) is 75.7 Å². The lowest BCUT2D eigenvalue weighted by atomic mass is 10.1. The summed E-state index contributed by atoms with van der Waals surface area (Å²) < 4.78 is 5.22. The lowest BCUT2D eigenvalue weighted by Gasteiger charge is -2.26. The van der Waals surface area contributed by atoms with Gasteiger partial charge in [0, 0.05) is 17.5 Å². The van der Waals surface area contributed by atoms with E-state index in [9.17, 15) is 14.4 Å². The van der Waals surface area contributed by atoms with Gasteiger partial charge in [-0.3, -0.25) is 9.59 Å². The zero-order chi connectivity index (χ0) is 17.7. The zero-order valence-corrected chi connectivity index (χ0v) is 15.1. The molecule has 0 saturated carbocycles. The van der Waals surface area contributed by atoms with Gasteiger partial charge in [-0.25, -0.2) is 4.79 Å². The quantitative estimate of drug-likeness (QED) is 0.846. The van der Waals surface area contributed by atoms with E-state index in [1.165, 1.54) is 16.2 Å². The van der Waals surface area contributed by atoms with Gasteiger partial charge in [-0.1, -0.05) is 0 Å². The number of thiophene rings is 1. The van der Waals surface area contributed by atoms with Crippen LogP contribution in [0.1, 0.15) is 50.4 Å². The Hall–Kier alpha value is -1.89. The lowest BCUT2D eigenvalue weighted by Crippen LogP contribution is -2.49. The Kier molecular flexibility index (Phi) is 5.99. The average molecular weight is 352 g/mol. The average Bonchev–Trinajstić information content (AvgIpc) is 2.95. The van der Waals surface area contributed by atoms with Gasteiger partial charge in [0.15, 0.2) is 5.78 Å². The first-order valence-corrected chi connectivity index (χ1v) is 9.04. The van der Waals surface area contributed by atoms with Crippen LogP contribution in [0.5, 0.6) is 0 Å². The van der Waals surface area contributed by atoms with Crippen LogP contribution in [0.25, 0.3) is 0 Å². The van der Waals surface area contributed by atoms with Gasteiger partial charge in [-0.05, 0) is 51.5 Å². The normalized spacial score (nSPS) is 18.9. The summed E-state index contributed by atoms with van der Waals surface area (Å²) in [6, 6.07) is 1.11. The highest BCUT2D eigenvalue weighted by Crippen LogP contribution is 2.15. The van der Waals surface area contributed by atoms with Crippen LogP contribution in [0, 0.1) is 0 Å². The smallest absolute Gasteiger partial charge is 0.408 e. The van der Waals surface area contributed by atoms with Crippen molar-refractivity contribution in [2.75, 3.05) is 13.1 Å². The van der Waals surface area contributed by atoms with E-state index in [4.69, 9.17) is 4.74 Å². The molecule has 0 radical (unpaired) electrons. The molecule has 0 spiro atoms. The Bertz CT molecular complexity index is 592. The standard InChI is InChI=1S/C17H24N2O4S/c1-17(2,3)23-16(22)18-13-6-4-5-8-19(15(13)21)10-14(20)12-7-9-24-11-12/h7,9,11,13H,4-6,8,10H2,1-3H3,(H,18,22)/t13-/m0/s1. The van der Waals surface area contributed by atoms with Crippen molar-refractivity contribution in [2.24, 2.45) is 0 Å². The number of nitrogens with zero attached hydrogens (tertiary/aromatic N) is 1. The SMILES string of the molecule is CC(C)(C)OC(=O)N[C@H]1CCCCN(CC(=O)c2ccsc2)C1=O. The molecule has 1 aliphatic heterocycles. The van der Waals surface area contributed by atoms with Crippen LogP contribution in [-0.2, 0) is 9.53 Å². The molecule has 0 bridgehead atoms. The van der Waals surface area contributed by atoms with Crippen molar-refractivity contribution in [1.29, 1.82) is 0 Å². The van der Waals surface area contributed by atoms with E-state index in [0.29, 0.717) is 18.5 Å². The highest BCUT2D eigenvalue weighted by atomic mass is 32.1. The molecule has 2 amide bonds. The predicted octanol–water partition coefficient (Wildman–Crippen LogP) is 2.84. The Labute approximate surface area is 146 Å². The van der Waals surface area contributed by atoms with E-state index < -0.39 is 17.7 Å². The highest BCUT2D eigenvalue weighted by molar-refractivity contribution is 7.08. The molecule has 1 N–H and O–H groups in total. The number of carbonyl (C=O) groups is 3. The van der Waals surface area contributed by atoms with E-state index in [1.54, 1.807) is 32.2 Å². The second-order valence-corrected chi connectivity index (χ2v) is 7.67. The van der Waals surface area contributed by atoms with E-state index in [-0.39, 0.29) is 18.2 Å². The molecule has 1 aromatic heterocycles. The molecule has 6 nitrogen and oxygen atoms in total. The molecular formula is C17H24N2O4S. The third-order valence-corrected chi connectivity index (χ3v) is 4.33. The van der Waals surface area contributed by atoms with Crippen LogP contribution in [0.15, 0.2) is 16.8 Å². The number of nitrogens with one attached hydrogen (secondary N) is 1. The molecule has 0 unspecified atom stereocenters. The number of ketones is 1. The van der Waals surface area contributed by atoms with Crippen molar-refractivity contribution in [2.45, 2.75) is 51.7 Å². The molecule has 0 aliphatic carbocycles. The van der Waals surface area contributed by atoms with Gasteiger partial charge >= 0.3 is 6.09 Å². The number of hydrogen-bond donors (Lipinski definition) is 1. The Morgan fingerprint density at radius 3 is 2.75 bits per heavy atom. The molecule has 1 saturated heterocycles. The Morgan fingerprint density at radius 2 is 2.12 bits per heavy atom. The molecule has 1 aliphatic rings. The predicted molar refractivity (Wildman–Crippen MR) is 92.2 cm³/mol. The fraction of sp³-hybridized carbons (Fsp3) is 0.588. The van der Waals surface area contributed by atoms with Gasteiger partial charge in [-0.15, -0.1) is 0 Å². The second kappa shape index (κ2) is 7.79. The van der Waals surface area contributed by atoms with E-state index in [1.807, 2.05) is 5.38 Å². The number of rotatable bonds is 4. The number of carbonyl (C=O) groups excluding carboxylic acids is 3. The Balaban J connectivity index is 1.99. The van der Waals surface area contributed by atoms with Gasteiger partial charge in [0.1, 0.15) is 11.6 Å². The number of alkyl carbamates (subject to hydrolysis) is 1. The number of ether oxygens (including phenoxy) is 1. The van der Waals surface area contributed by atoms with Crippen LogP contribution in [-0.4, -0.2) is 47.4 Å². The molecular weight excluding hydrogens is 328 g/mol. The zero-order valence-electron chi connectivity index (χ0n) is 14.3. The molecule has 2 rings (SSSR count). The van der Waals surface area contributed by atoms with Crippen molar-refractivity contribution < 1.29 is 19.1 Å². The third kappa shape index (κ3) is 5.33. The molecule has 1 atom stereocenters. The van der Waals surface area contributed by atoms with Crippen LogP contribution in [0.3, 0.4) is 0 Å². The maximum atomic E-state index is 12.7. The van der Waals surface area contributed by atoms with Gasteiger partial charge in [0.2, 0.25) is 5.91 Å². The summed E-state index contributed by atoms with van der Waals surface area (Å²) >= 11 is 1.45. The number of hydrogen-bond acceptors (Lipinski definition) is 5. The minimum atomic E-state index is -0.641. The van der Waals surface area contributed by atoms with Crippen LogP contribution in [0.4, 0.5) is 4.79 Å². The fourth-order valence-corrected chi connectivity index (χ4v) is 3.19. The number of Topliss-reactive ketones (excluding diaryl/α,β-unsaturated/α-hetero) is 1. The first kappa shape index (κ1) is 18.4. The summed E-state index contributed by atoms with van der Waals surface area (Å²) in [4.78, 5) is 38.4. The maximum Gasteiger partial charge on any atom is 0.408 e. The van der Waals surface area contributed by atoms with Gasteiger partial charge in [0.25, 0.3) is 0 Å². The van der Waals surface area contributed by atoms with Crippen LogP contribution in [0.2, 0.25) is 0 Å². The minimum absolute atomic E-state index is 0.0437. The highest BCUT2D eigenvalue weighted by Gasteiger charge is 2.30. The van der Waals surface area contributed by atoms with Gasteiger partial charge in [0.05, 0.1) is 6.54 Å². The monoisotopic (exact) mass is 352 g/mol. The molecule has 2 heterocycles. The van der Waals surface area contributed by atoms with Crippen molar-refractivity contribution in [1.82, 2.24) is 10.2 Å². The van der Waals surface area contributed by atoms with Gasteiger partial charge < -0.3 is 15.0 Å². The number of amides is 2. The lowest BCUT2D eigenvalue weighted by molar-refractivity contribution is -0.132. The summed E-state index contributed by atoms with van der Waals surface area (Å²) in [5, 5.41) is 6.26. The third-order valence-electron chi connectivity index (χ3n) is 3.65. The summed E-state index contributed by atoms with van der Waals surface area (Å²) in [7, 11) is 0. The summed E-state index contributed by atoms with van der Waals surface area (Å²) in [5.41, 5.74) is 0.000577. The van der Waals surface area contributed by atoms with Crippen molar-refractivity contribution >= 4 is 29.1 Å². The second-order valence-electron chi connectivity index (χ2n) is 6.89. The van der Waals surface area contributed by atoms with Crippen molar-refractivity contribution in [3.05, 3.63) is 22.4 Å². The van der Waals surface area contributed by atoms with Gasteiger partial charge in [-0.2, -0.15) is 11.3 Å². The molecule has 0 aromatic carbocycles. The van der Waals surface area contributed by atoms with E-state index >= 15 is 0 Å². The minimum Gasteiger partial charge on any atom is -0.444 e. The van der Waals surface area contributed by atoms with Crippen molar-refractivity contribution in [3.8, 4) is 0 Å². The fourth-order valence-electron chi connectivity index (χ4n) is 2.53. The largest absolute Gasteiger partial charge is 0.444 e. The maximum absolute atomic E-state index is 12.7. The molecule has 24 heavy (non-hydrogen) atoms.